The molecule has 0 radical (unpaired) electrons. The summed E-state index contributed by atoms with van der Waals surface area (Å²) in [5, 5.41) is 33.7. The van der Waals surface area contributed by atoms with Gasteiger partial charge in [0.2, 0.25) is 0 Å². The van der Waals surface area contributed by atoms with Gasteiger partial charge in [0.25, 0.3) is 17.3 Å². The van der Waals surface area contributed by atoms with Crippen molar-refractivity contribution in [2.75, 3.05) is 5.32 Å². The predicted molar refractivity (Wildman–Crippen MR) is 132 cm³/mol. The second-order valence-electron chi connectivity index (χ2n) is 7.36. The molecule has 3 rings (SSSR count). The van der Waals surface area contributed by atoms with Gasteiger partial charge >= 0.3 is 10.1 Å². The van der Waals surface area contributed by atoms with Crippen molar-refractivity contribution in [2.24, 2.45) is 0 Å². The lowest BCUT2D eigenvalue weighted by molar-refractivity contribution is -0.385. The Morgan fingerprint density at radius 1 is 1.03 bits per heavy atom. The van der Waals surface area contributed by atoms with Crippen molar-refractivity contribution < 1.29 is 27.2 Å². The lowest BCUT2D eigenvalue weighted by Crippen LogP contribution is -2.13. The third-order valence-electron chi connectivity index (χ3n) is 4.83. The van der Waals surface area contributed by atoms with Crippen LogP contribution < -0.4 is 9.50 Å². The Morgan fingerprint density at radius 2 is 1.68 bits per heavy atom. The molecule has 1 amide bonds. The van der Waals surface area contributed by atoms with Gasteiger partial charge in [-0.05, 0) is 48.9 Å². The summed E-state index contributed by atoms with van der Waals surface area (Å²) < 4.78 is 30.1. The third-order valence-corrected chi connectivity index (χ3v) is 6.39. The largest absolute Gasteiger partial charge is 0.379 e. The lowest BCUT2D eigenvalue weighted by atomic mass is 10.1. The second kappa shape index (κ2) is 10.9. The summed E-state index contributed by atoms with van der Waals surface area (Å²) in [6, 6.07) is 14.0. The molecule has 3 aromatic rings. The first-order chi connectivity index (χ1) is 17.4. The van der Waals surface area contributed by atoms with Crippen molar-refractivity contribution in [2.45, 2.75) is 11.8 Å². The van der Waals surface area contributed by atoms with Crippen LogP contribution >= 0.6 is 11.6 Å². The summed E-state index contributed by atoms with van der Waals surface area (Å²) in [5.41, 5.74) is -0.469. The van der Waals surface area contributed by atoms with E-state index in [2.05, 4.69) is 5.32 Å². The number of carbonyl (C=O) groups is 1. The number of hydrogen-bond donors (Lipinski definition) is 1. The maximum absolute atomic E-state index is 12.5. The summed E-state index contributed by atoms with van der Waals surface area (Å²) in [4.78, 5) is 32.8. The van der Waals surface area contributed by atoms with Gasteiger partial charge in [-0.25, -0.2) is 0 Å². The molecule has 188 valence electrons. The first-order valence-electron chi connectivity index (χ1n) is 10.1. The monoisotopic (exact) mass is 542 g/mol. The van der Waals surface area contributed by atoms with Gasteiger partial charge in [-0.15, -0.1) is 0 Å². The highest BCUT2D eigenvalue weighted by molar-refractivity contribution is 7.87. The Hall–Kier alpha value is -4.80. The standard InChI is InChI=1S/C23H15ClN4O8S/c1-14-2-8-19(12-21(14)27(30)31)37(34,35)36-18-6-3-15(4-7-18)10-16(13-25)23(29)26-17-5-9-20(24)22(11-17)28(32)33/h2-12H,1H3,(H,26,29). The fourth-order valence-electron chi connectivity index (χ4n) is 2.98. The van der Waals surface area contributed by atoms with Crippen LogP contribution in [0.25, 0.3) is 6.08 Å². The molecule has 0 fully saturated rings. The van der Waals surface area contributed by atoms with Crippen molar-refractivity contribution in [3.63, 3.8) is 0 Å². The molecule has 0 unspecified atom stereocenters. The van der Waals surface area contributed by atoms with Crippen LogP contribution in [0.2, 0.25) is 5.02 Å². The number of nitriles is 1. The molecule has 12 nitrogen and oxygen atoms in total. The van der Waals surface area contributed by atoms with Gasteiger partial charge in [-0.2, -0.15) is 13.7 Å². The van der Waals surface area contributed by atoms with Gasteiger partial charge < -0.3 is 9.50 Å². The smallest absolute Gasteiger partial charge is 0.339 e. The number of aryl methyl sites for hydroxylation is 1. The number of amides is 1. The lowest BCUT2D eigenvalue weighted by Gasteiger charge is -2.08. The molecule has 0 aliphatic heterocycles. The summed E-state index contributed by atoms with van der Waals surface area (Å²) in [5.74, 6) is -0.959. The van der Waals surface area contributed by atoms with Gasteiger partial charge in [0.15, 0.2) is 0 Å². The molecule has 1 N–H and O–H groups in total. The summed E-state index contributed by atoms with van der Waals surface area (Å²) in [7, 11) is -4.38. The highest BCUT2D eigenvalue weighted by Crippen LogP contribution is 2.28. The summed E-state index contributed by atoms with van der Waals surface area (Å²) in [6.07, 6.45) is 1.21. The topological polar surface area (TPSA) is 183 Å². The molecule has 0 aromatic heterocycles. The zero-order valence-corrected chi connectivity index (χ0v) is 20.3. The SMILES string of the molecule is Cc1ccc(S(=O)(=O)Oc2ccc(C=C(C#N)C(=O)Nc3ccc(Cl)c([N+](=O)[O-])c3)cc2)cc1[N+](=O)[O-]. The number of nitro groups is 2. The second-order valence-corrected chi connectivity index (χ2v) is 9.31. The molecular weight excluding hydrogens is 528 g/mol. The van der Waals surface area contributed by atoms with Crippen molar-refractivity contribution in [1.82, 2.24) is 0 Å². The van der Waals surface area contributed by atoms with Crippen LogP contribution in [0, 0.1) is 38.5 Å². The molecule has 0 spiro atoms. The highest BCUT2D eigenvalue weighted by Gasteiger charge is 2.22. The average molecular weight is 543 g/mol. The predicted octanol–water partition coefficient (Wildman–Crippen LogP) is 4.78. The molecule has 0 bridgehead atoms. The van der Waals surface area contributed by atoms with Gasteiger partial charge in [0, 0.05) is 23.4 Å². The van der Waals surface area contributed by atoms with E-state index in [0.29, 0.717) is 5.56 Å². The van der Waals surface area contributed by atoms with E-state index in [1.54, 1.807) is 6.07 Å². The van der Waals surface area contributed by atoms with Crippen LogP contribution in [-0.4, -0.2) is 24.2 Å². The average Bonchev–Trinajstić information content (AvgIpc) is 2.84. The molecule has 0 aliphatic carbocycles. The van der Waals surface area contributed by atoms with E-state index in [9.17, 15) is 38.7 Å². The fraction of sp³-hybridized carbons (Fsp3) is 0.0435. The number of anilines is 1. The number of hydrogen-bond acceptors (Lipinski definition) is 9. The maximum Gasteiger partial charge on any atom is 0.339 e. The Bertz CT molecular complexity index is 1600. The zero-order valence-electron chi connectivity index (χ0n) is 18.7. The molecule has 37 heavy (non-hydrogen) atoms. The first kappa shape index (κ1) is 26.8. The Labute approximate surface area is 214 Å². The van der Waals surface area contributed by atoms with Gasteiger partial charge in [-0.3, -0.25) is 25.0 Å². The summed E-state index contributed by atoms with van der Waals surface area (Å²) >= 11 is 5.75. The van der Waals surface area contributed by atoms with Crippen molar-refractivity contribution in [1.29, 1.82) is 5.26 Å². The minimum Gasteiger partial charge on any atom is -0.379 e. The van der Waals surface area contributed by atoms with Crippen molar-refractivity contribution in [3.05, 3.63) is 103 Å². The van der Waals surface area contributed by atoms with E-state index in [1.807, 2.05) is 0 Å². The van der Waals surface area contributed by atoms with Crippen LogP contribution in [0.5, 0.6) is 5.75 Å². The quantitative estimate of drug-likeness (QED) is 0.137. The van der Waals surface area contributed by atoms with Crippen LogP contribution in [0.3, 0.4) is 0 Å². The number of carbonyl (C=O) groups excluding carboxylic acids is 1. The van der Waals surface area contributed by atoms with Crippen LogP contribution in [0.15, 0.2) is 71.1 Å². The van der Waals surface area contributed by atoms with E-state index in [1.165, 1.54) is 61.5 Å². The van der Waals surface area contributed by atoms with E-state index in [0.717, 1.165) is 12.1 Å². The van der Waals surface area contributed by atoms with E-state index in [-0.39, 0.29) is 33.3 Å². The van der Waals surface area contributed by atoms with Crippen molar-refractivity contribution >= 4 is 50.8 Å². The third kappa shape index (κ3) is 6.45. The highest BCUT2D eigenvalue weighted by atomic mass is 35.5. The summed E-state index contributed by atoms with van der Waals surface area (Å²) in [6.45, 7) is 1.47. The van der Waals surface area contributed by atoms with Crippen molar-refractivity contribution in [3.8, 4) is 11.8 Å². The van der Waals surface area contributed by atoms with Crippen LogP contribution in [0.4, 0.5) is 17.1 Å². The van der Waals surface area contributed by atoms with Crippen LogP contribution in [-0.2, 0) is 14.9 Å². The Kier molecular flexibility index (Phi) is 7.86. The normalized spacial score (nSPS) is 11.3. The molecule has 0 saturated carbocycles. The number of benzene rings is 3. The molecule has 0 atom stereocenters. The molecular formula is C23H15ClN4O8S. The van der Waals surface area contributed by atoms with Crippen LogP contribution in [0.1, 0.15) is 11.1 Å². The van der Waals surface area contributed by atoms with E-state index in [4.69, 9.17) is 15.8 Å². The molecule has 14 heteroatoms. The number of halogens is 1. The van der Waals surface area contributed by atoms with E-state index >= 15 is 0 Å². The number of nitrogens with zero attached hydrogens (tertiary/aromatic N) is 3. The first-order valence-corrected chi connectivity index (χ1v) is 11.9. The molecule has 0 aliphatic rings. The Balaban J connectivity index is 1.77. The molecule has 0 heterocycles. The minimum absolute atomic E-state index is 0.0487. The number of nitro benzene ring substituents is 2. The van der Waals surface area contributed by atoms with E-state index < -0.39 is 36.5 Å². The fourth-order valence-corrected chi connectivity index (χ4v) is 4.12. The number of rotatable bonds is 8. The van der Waals surface area contributed by atoms with Gasteiger partial charge in [-0.1, -0.05) is 29.8 Å². The Morgan fingerprint density at radius 3 is 2.27 bits per heavy atom. The van der Waals surface area contributed by atoms with Gasteiger partial charge in [0.1, 0.15) is 27.3 Å². The van der Waals surface area contributed by atoms with Gasteiger partial charge in [0.05, 0.1) is 9.85 Å². The molecule has 0 saturated heterocycles. The number of nitrogens with one attached hydrogen (secondary N) is 1. The molecule has 3 aromatic carbocycles. The minimum atomic E-state index is -4.38. The zero-order chi connectivity index (χ0) is 27.3. The maximum atomic E-state index is 12.5.